The molecule has 0 N–H and O–H groups in total. The van der Waals surface area contributed by atoms with Gasteiger partial charge in [-0.3, -0.25) is 8.42 Å². The van der Waals surface area contributed by atoms with Crippen LogP contribution in [0, 0.1) is 0 Å². The summed E-state index contributed by atoms with van der Waals surface area (Å²) >= 11 is 0. The molecule has 0 radical (unpaired) electrons. The van der Waals surface area contributed by atoms with Crippen molar-refractivity contribution in [2.75, 3.05) is 0 Å². The Bertz CT molecular complexity index is 75.7. The van der Waals surface area contributed by atoms with Crippen LogP contribution in [0.3, 0.4) is 0 Å². The molecule has 0 bridgehead atoms. The van der Waals surface area contributed by atoms with Gasteiger partial charge in [0, 0.05) is 20.2 Å². The third kappa shape index (κ3) is 7.14. The van der Waals surface area contributed by atoms with E-state index in [1.54, 1.807) is 0 Å². The predicted octanol–water partition coefficient (Wildman–Crippen LogP) is -1.34. The third-order valence-electron chi connectivity index (χ3n) is 0.111. The maximum atomic E-state index is 9.09. The summed E-state index contributed by atoms with van der Waals surface area (Å²) in [7, 11) is -5.90. The van der Waals surface area contributed by atoms with Crippen molar-refractivity contribution in [1.82, 2.24) is 0 Å². The van der Waals surface area contributed by atoms with Crippen molar-refractivity contribution in [1.29, 1.82) is 0 Å². The summed E-state index contributed by atoms with van der Waals surface area (Å²) in [6.45, 7) is 0. The van der Waals surface area contributed by atoms with E-state index in [2.05, 4.69) is 0 Å². The molecule has 0 aromatic rings. The topological polar surface area (TPSA) is 80.3 Å². The zero-order valence-electron chi connectivity index (χ0n) is 3.16. The summed E-state index contributed by atoms with van der Waals surface area (Å²) in [6, 6.07) is 0. The van der Waals surface area contributed by atoms with E-state index in [9.17, 15) is 0 Å². The Morgan fingerprint density at radius 2 is 1.14 bits per heavy atom. The van der Waals surface area contributed by atoms with Crippen LogP contribution in [-0.4, -0.2) is 17.5 Å². The molecule has 0 heterocycles. The molecule has 0 aromatic heterocycles. The van der Waals surface area contributed by atoms with Gasteiger partial charge >= 0.3 is 27.3 Å². The van der Waals surface area contributed by atoms with Gasteiger partial charge in [-0.25, -0.2) is 0 Å². The normalized spacial score (nSPS) is 16.9. The van der Waals surface area contributed by atoms with Crippen molar-refractivity contribution in [3.63, 3.8) is 0 Å². The molecule has 0 fully saturated rings. The van der Waals surface area contributed by atoms with Crippen LogP contribution in [0.4, 0.5) is 0 Å². The van der Waals surface area contributed by atoms with Crippen molar-refractivity contribution in [2.24, 2.45) is 0 Å². The van der Waals surface area contributed by atoms with Crippen molar-refractivity contribution >= 4 is 20.2 Å². The number of rotatable bonds is 1. The van der Waals surface area contributed by atoms with Gasteiger partial charge in [-0.1, -0.05) is 0 Å². The van der Waals surface area contributed by atoms with Crippen molar-refractivity contribution in [3.05, 3.63) is 0 Å². The van der Waals surface area contributed by atoms with Crippen LogP contribution < -0.4 is 0 Å². The zero-order chi connectivity index (χ0) is 5.15. The Kier molecular flexibility index (Phi) is 8.31. The Morgan fingerprint density at radius 1 is 1.00 bits per heavy atom. The van der Waals surface area contributed by atoms with E-state index in [1.165, 1.54) is 0 Å². The van der Waals surface area contributed by atoms with Crippen LogP contribution in [0.25, 0.3) is 0 Å². The van der Waals surface area contributed by atoms with E-state index in [0.717, 1.165) is 0 Å². The van der Waals surface area contributed by atoms with Crippen molar-refractivity contribution in [3.8, 4) is 0 Å². The van der Waals surface area contributed by atoms with Crippen molar-refractivity contribution < 1.29 is 44.8 Å². The fourth-order valence-corrected chi connectivity index (χ4v) is 0. The molecule has 0 rings (SSSR count). The number of hydrogen-bond acceptors (Lipinski definition) is 4. The van der Waals surface area contributed by atoms with E-state index in [0.29, 0.717) is 0 Å². The molecular weight excluding hydrogens is 241 g/mol. The smallest absolute Gasteiger partial charge is 0.763 e. The first kappa shape index (κ1) is 11.0. The van der Waals surface area contributed by atoms with E-state index in [1.807, 2.05) is 0 Å². The van der Waals surface area contributed by atoms with Crippen LogP contribution in [0.2, 0.25) is 0 Å². The fraction of sp³-hybridized carbons (Fsp3) is 0. The summed E-state index contributed by atoms with van der Waals surface area (Å²) < 4.78 is 36.3. The van der Waals surface area contributed by atoms with Gasteiger partial charge in [0.25, 0.3) is 0 Å². The van der Waals surface area contributed by atoms with E-state index in [-0.39, 0.29) is 27.3 Å². The molecule has 2 unspecified atom stereocenters. The first-order chi connectivity index (χ1) is 2.64. The average molecular weight is 241 g/mol. The first-order valence-electron chi connectivity index (χ1n) is 0.833. The Balaban J connectivity index is 0. The second kappa shape index (κ2) is 5.28. The summed E-state index contributed by atoms with van der Waals surface area (Å²) in [5.74, 6) is 0. The van der Waals surface area contributed by atoms with Gasteiger partial charge in [0.2, 0.25) is 0 Å². The van der Waals surface area contributed by atoms with E-state index < -0.39 is 20.2 Å². The van der Waals surface area contributed by atoms with Crippen LogP contribution >= 0.6 is 0 Å². The molecule has 0 aliphatic rings. The minimum absolute atomic E-state index is 0. The minimum Gasteiger partial charge on any atom is -0.763 e. The summed E-state index contributed by atoms with van der Waals surface area (Å²) in [4.78, 5) is 0. The second-order valence-electron chi connectivity index (χ2n) is 0.408. The Morgan fingerprint density at radius 3 is 1.14 bits per heavy atom. The molecule has 7 heavy (non-hydrogen) atoms. The van der Waals surface area contributed by atoms with Gasteiger partial charge in [0.1, 0.15) is 0 Å². The van der Waals surface area contributed by atoms with Gasteiger partial charge in [-0.15, -0.1) is 0 Å². The van der Waals surface area contributed by atoms with Crippen LogP contribution in [-0.2, 0) is 47.5 Å². The van der Waals surface area contributed by atoms with Crippen molar-refractivity contribution in [2.45, 2.75) is 0 Å². The van der Waals surface area contributed by atoms with E-state index in [4.69, 9.17) is 17.5 Å². The quantitative estimate of drug-likeness (QED) is 0.323. The SMILES string of the molecule is O=S([O-])S(=O)[O-].[Cd+2]. The molecule has 38 valence electrons. The predicted molar refractivity (Wildman–Crippen MR) is 17.8 cm³/mol. The molecule has 0 aliphatic heterocycles. The maximum Gasteiger partial charge on any atom is 2.00 e. The maximum absolute atomic E-state index is 9.09. The molecule has 0 amide bonds. The molecule has 4 nitrogen and oxygen atoms in total. The zero-order valence-corrected chi connectivity index (χ0v) is 8.83. The van der Waals surface area contributed by atoms with Gasteiger partial charge in [-0.2, -0.15) is 0 Å². The largest absolute Gasteiger partial charge is 2.00 e. The van der Waals surface area contributed by atoms with Crippen LogP contribution in [0.5, 0.6) is 0 Å². The standard InChI is InChI=1S/Cd.H2O4S2/c;1-5(2)6(3)4/h;(H,1,2)(H,3,4)/q+2;/p-2. The molecule has 0 saturated heterocycles. The first-order valence-corrected chi connectivity index (χ1v) is 3.50. The van der Waals surface area contributed by atoms with Gasteiger partial charge in [0.15, 0.2) is 0 Å². The molecular formula is CdO4S2. The minimum atomic E-state index is -2.95. The van der Waals surface area contributed by atoms with Crippen LogP contribution in [0.1, 0.15) is 0 Å². The average Bonchev–Trinajstić information content (AvgIpc) is 1.36. The van der Waals surface area contributed by atoms with Crippen LogP contribution in [0.15, 0.2) is 0 Å². The van der Waals surface area contributed by atoms with E-state index >= 15 is 0 Å². The number of hydrogen-bond donors (Lipinski definition) is 0. The fourth-order valence-electron chi connectivity index (χ4n) is 0. The Hall–Kier alpha value is 1.14. The second-order valence-corrected chi connectivity index (χ2v) is 2.86. The monoisotopic (exact) mass is 242 g/mol. The van der Waals surface area contributed by atoms with Gasteiger partial charge in [0.05, 0.1) is 0 Å². The molecule has 7 heteroatoms. The van der Waals surface area contributed by atoms with Gasteiger partial charge < -0.3 is 9.11 Å². The third-order valence-corrected chi connectivity index (χ3v) is 1.00. The Labute approximate surface area is 64.8 Å². The molecule has 0 spiro atoms. The molecule has 0 aliphatic carbocycles. The van der Waals surface area contributed by atoms with Gasteiger partial charge in [-0.05, 0) is 0 Å². The summed E-state index contributed by atoms with van der Waals surface area (Å²) in [5.41, 5.74) is 0. The summed E-state index contributed by atoms with van der Waals surface area (Å²) in [6.07, 6.45) is 0. The summed E-state index contributed by atoms with van der Waals surface area (Å²) in [5, 5.41) is 0. The molecule has 2 atom stereocenters. The molecule has 0 aromatic carbocycles. The molecule has 0 saturated carbocycles.